The summed E-state index contributed by atoms with van der Waals surface area (Å²) < 4.78 is 5.19. The lowest BCUT2D eigenvalue weighted by atomic mass is 10.2. The highest BCUT2D eigenvalue weighted by Gasteiger charge is 2.23. The lowest BCUT2D eigenvalue weighted by Gasteiger charge is -2.22. The summed E-state index contributed by atoms with van der Waals surface area (Å²) in [6.45, 7) is 3.12. The van der Waals surface area contributed by atoms with Crippen molar-refractivity contribution in [3.8, 4) is 5.88 Å². The van der Waals surface area contributed by atoms with E-state index in [-0.39, 0.29) is 5.91 Å². The summed E-state index contributed by atoms with van der Waals surface area (Å²) >= 11 is 1.63. The van der Waals surface area contributed by atoms with Gasteiger partial charge in [-0.05, 0) is 18.6 Å². The molecule has 1 fully saturated rings. The molecule has 3 heterocycles. The fourth-order valence-corrected chi connectivity index (χ4v) is 3.27. The van der Waals surface area contributed by atoms with Crippen LogP contribution < -0.4 is 9.64 Å². The number of pyridine rings is 1. The third-order valence-electron chi connectivity index (χ3n) is 3.67. The summed E-state index contributed by atoms with van der Waals surface area (Å²) in [4.78, 5) is 25.3. The third-order valence-corrected chi connectivity index (χ3v) is 4.50. The highest BCUT2D eigenvalue weighted by atomic mass is 32.1. The quantitative estimate of drug-likeness (QED) is 0.865. The van der Waals surface area contributed by atoms with E-state index in [9.17, 15) is 4.79 Å². The van der Waals surface area contributed by atoms with Gasteiger partial charge in [0, 0.05) is 44.0 Å². The van der Waals surface area contributed by atoms with E-state index in [0.29, 0.717) is 18.0 Å². The molecule has 0 aromatic carbocycles. The minimum atomic E-state index is -0.0223. The van der Waals surface area contributed by atoms with E-state index in [1.165, 1.54) is 7.11 Å². The minimum Gasteiger partial charge on any atom is -0.480 e. The zero-order chi connectivity index (χ0) is 15.4. The van der Waals surface area contributed by atoms with Crippen LogP contribution >= 0.6 is 11.3 Å². The van der Waals surface area contributed by atoms with E-state index in [0.717, 1.165) is 31.2 Å². The van der Waals surface area contributed by atoms with Crippen LogP contribution in [0.4, 0.5) is 5.13 Å². The molecule has 0 radical (unpaired) electrons. The first-order valence-electron chi connectivity index (χ1n) is 7.22. The first kappa shape index (κ1) is 14.8. The minimum absolute atomic E-state index is 0.0223. The van der Waals surface area contributed by atoms with Crippen LogP contribution in [0.5, 0.6) is 5.88 Å². The van der Waals surface area contributed by atoms with Crippen molar-refractivity contribution in [2.24, 2.45) is 0 Å². The molecule has 22 heavy (non-hydrogen) atoms. The Morgan fingerprint density at radius 3 is 2.91 bits per heavy atom. The third kappa shape index (κ3) is 3.04. The van der Waals surface area contributed by atoms with Crippen molar-refractivity contribution in [3.05, 3.63) is 35.5 Å². The normalized spacial score (nSPS) is 15.5. The number of anilines is 1. The highest BCUT2D eigenvalue weighted by molar-refractivity contribution is 7.13. The number of ether oxygens (including phenoxy) is 1. The average molecular weight is 318 g/mol. The Bertz CT molecular complexity index is 632. The van der Waals surface area contributed by atoms with Crippen LogP contribution in [0.1, 0.15) is 16.8 Å². The maximum Gasteiger partial charge on any atom is 0.259 e. The Hall–Kier alpha value is -2.15. The molecule has 0 aliphatic carbocycles. The van der Waals surface area contributed by atoms with Gasteiger partial charge in [-0.3, -0.25) is 4.79 Å². The number of amides is 1. The van der Waals surface area contributed by atoms with Gasteiger partial charge in [0.25, 0.3) is 5.91 Å². The molecule has 3 rings (SSSR count). The van der Waals surface area contributed by atoms with Crippen LogP contribution in [0.15, 0.2) is 29.9 Å². The standard InChI is InChI=1S/C15H18N4O2S/c1-21-13-12(4-2-5-16-13)14(20)18-7-3-8-19(10-9-18)15-17-6-11-22-15/h2,4-6,11H,3,7-10H2,1H3. The number of hydrogen-bond donors (Lipinski definition) is 0. The topological polar surface area (TPSA) is 58.6 Å². The van der Waals surface area contributed by atoms with Crippen LogP contribution in [-0.4, -0.2) is 54.1 Å². The van der Waals surface area contributed by atoms with E-state index in [1.807, 2.05) is 16.5 Å². The molecule has 2 aromatic heterocycles. The van der Waals surface area contributed by atoms with Crippen molar-refractivity contribution in [2.75, 3.05) is 38.2 Å². The van der Waals surface area contributed by atoms with Crippen LogP contribution in [0.25, 0.3) is 0 Å². The summed E-state index contributed by atoms with van der Waals surface area (Å²) in [5.74, 6) is 0.361. The molecular formula is C15H18N4O2S. The van der Waals surface area contributed by atoms with Crippen LogP contribution in [0, 0.1) is 0 Å². The Balaban J connectivity index is 1.71. The molecule has 2 aromatic rings. The van der Waals surface area contributed by atoms with Gasteiger partial charge in [0.2, 0.25) is 5.88 Å². The monoisotopic (exact) mass is 318 g/mol. The number of carbonyl (C=O) groups excluding carboxylic acids is 1. The number of hydrogen-bond acceptors (Lipinski definition) is 6. The number of carbonyl (C=O) groups is 1. The maximum atomic E-state index is 12.7. The zero-order valence-corrected chi connectivity index (χ0v) is 13.3. The molecule has 0 atom stereocenters. The van der Waals surface area contributed by atoms with Gasteiger partial charge in [0.1, 0.15) is 5.56 Å². The second-order valence-corrected chi connectivity index (χ2v) is 5.88. The van der Waals surface area contributed by atoms with Gasteiger partial charge in [0.15, 0.2) is 5.13 Å². The fourth-order valence-electron chi connectivity index (χ4n) is 2.57. The second-order valence-electron chi connectivity index (χ2n) is 5.01. The van der Waals surface area contributed by atoms with Gasteiger partial charge in [-0.2, -0.15) is 0 Å². The van der Waals surface area contributed by atoms with Gasteiger partial charge < -0.3 is 14.5 Å². The van der Waals surface area contributed by atoms with Gasteiger partial charge in [-0.25, -0.2) is 9.97 Å². The van der Waals surface area contributed by atoms with Crippen molar-refractivity contribution >= 4 is 22.4 Å². The number of methoxy groups -OCH3 is 1. The number of aromatic nitrogens is 2. The summed E-state index contributed by atoms with van der Waals surface area (Å²) in [6, 6.07) is 3.52. The van der Waals surface area contributed by atoms with E-state index < -0.39 is 0 Å². The van der Waals surface area contributed by atoms with Crippen molar-refractivity contribution in [1.29, 1.82) is 0 Å². The molecule has 0 bridgehead atoms. The smallest absolute Gasteiger partial charge is 0.259 e. The van der Waals surface area contributed by atoms with E-state index in [4.69, 9.17) is 4.74 Å². The SMILES string of the molecule is COc1ncccc1C(=O)N1CCCN(c2nccs2)CC1. The Morgan fingerprint density at radius 2 is 2.14 bits per heavy atom. The first-order chi connectivity index (χ1) is 10.8. The molecule has 0 saturated carbocycles. The Labute approximate surface area is 133 Å². The summed E-state index contributed by atoms with van der Waals surface area (Å²) in [5, 5.41) is 3.00. The van der Waals surface area contributed by atoms with Crippen molar-refractivity contribution in [2.45, 2.75) is 6.42 Å². The number of rotatable bonds is 3. The number of thiazole rings is 1. The van der Waals surface area contributed by atoms with Crippen molar-refractivity contribution < 1.29 is 9.53 Å². The molecule has 1 saturated heterocycles. The second kappa shape index (κ2) is 6.74. The highest BCUT2D eigenvalue weighted by Crippen LogP contribution is 2.21. The lowest BCUT2D eigenvalue weighted by molar-refractivity contribution is 0.0763. The van der Waals surface area contributed by atoms with Gasteiger partial charge in [0.05, 0.1) is 7.11 Å². The molecule has 7 heteroatoms. The predicted molar refractivity (Wildman–Crippen MR) is 85.6 cm³/mol. The molecule has 0 unspecified atom stereocenters. The van der Waals surface area contributed by atoms with E-state index in [2.05, 4.69) is 14.9 Å². The summed E-state index contributed by atoms with van der Waals surface area (Å²) in [7, 11) is 1.53. The molecule has 1 aliphatic rings. The van der Waals surface area contributed by atoms with Crippen LogP contribution in [-0.2, 0) is 0 Å². The van der Waals surface area contributed by atoms with E-state index in [1.54, 1.807) is 29.7 Å². The zero-order valence-electron chi connectivity index (χ0n) is 12.4. The Kier molecular flexibility index (Phi) is 4.53. The lowest BCUT2D eigenvalue weighted by Crippen LogP contribution is -2.35. The first-order valence-corrected chi connectivity index (χ1v) is 8.10. The molecule has 0 N–H and O–H groups in total. The maximum absolute atomic E-state index is 12.7. The van der Waals surface area contributed by atoms with Gasteiger partial charge >= 0.3 is 0 Å². The average Bonchev–Trinajstić information content (AvgIpc) is 2.99. The Morgan fingerprint density at radius 1 is 1.23 bits per heavy atom. The summed E-state index contributed by atoms with van der Waals surface area (Å²) in [6.07, 6.45) is 4.37. The molecule has 116 valence electrons. The van der Waals surface area contributed by atoms with Crippen LogP contribution in [0.2, 0.25) is 0 Å². The van der Waals surface area contributed by atoms with Crippen molar-refractivity contribution in [1.82, 2.24) is 14.9 Å². The molecule has 6 nitrogen and oxygen atoms in total. The molecule has 0 spiro atoms. The molecular weight excluding hydrogens is 300 g/mol. The molecule has 1 aliphatic heterocycles. The van der Waals surface area contributed by atoms with Crippen molar-refractivity contribution in [3.63, 3.8) is 0 Å². The van der Waals surface area contributed by atoms with Gasteiger partial charge in [-0.1, -0.05) is 0 Å². The number of nitrogens with zero attached hydrogens (tertiary/aromatic N) is 4. The largest absolute Gasteiger partial charge is 0.480 e. The molecule has 1 amide bonds. The summed E-state index contributed by atoms with van der Waals surface area (Å²) in [5.41, 5.74) is 0.521. The fraction of sp³-hybridized carbons (Fsp3) is 0.400. The van der Waals surface area contributed by atoms with E-state index >= 15 is 0 Å². The predicted octanol–water partition coefficient (Wildman–Crippen LogP) is 1.90. The van der Waals surface area contributed by atoms with Gasteiger partial charge in [-0.15, -0.1) is 11.3 Å². The van der Waals surface area contributed by atoms with Crippen LogP contribution in [0.3, 0.4) is 0 Å².